The molecule has 1 unspecified atom stereocenters. The van der Waals surface area contributed by atoms with Gasteiger partial charge in [0, 0.05) is 13.5 Å². The second-order valence-corrected chi connectivity index (χ2v) is 4.78. The molecule has 1 atom stereocenters. The topological polar surface area (TPSA) is 68.8 Å². The van der Waals surface area contributed by atoms with E-state index < -0.39 is 17.7 Å². The molecule has 0 radical (unpaired) electrons. The van der Waals surface area contributed by atoms with Gasteiger partial charge in [-0.05, 0) is 27.6 Å². The van der Waals surface area contributed by atoms with E-state index in [1.54, 1.807) is 11.7 Å². The summed E-state index contributed by atoms with van der Waals surface area (Å²) < 4.78 is 28.3. The van der Waals surface area contributed by atoms with Gasteiger partial charge in [0.1, 0.15) is 12.2 Å². The van der Waals surface area contributed by atoms with Crippen LogP contribution in [0.3, 0.4) is 0 Å². The van der Waals surface area contributed by atoms with Gasteiger partial charge in [0.05, 0.1) is 10.5 Å². The highest BCUT2D eigenvalue weighted by Crippen LogP contribution is 2.29. The first-order valence-electron chi connectivity index (χ1n) is 5.47. The van der Waals surface area contributed by atoms with Crippen LogP contribution < -0.4 is 11.3 Å². The molecule has 0 saturated carbocycles. The van der Waals surface area contributed by atoms with Crippen molar-refractivity contribution in [3.05, 3.63) is 46.0 Å². The van der Waals surface area contributed by atoms with E-state index in [9.17, 15) is 8.78 Å². The molecular weight excluding hydrogens is 320 g/mol. The molecule has 8 heteroatoms. The minimum absolute atomic E-state index is 0.0534. The van der Waals surface area contributed by atoms with Crippen molar-refractivity contribution < 1.29 is 8.78 Å². The lowest BCUT2D eigenvalue weighted by Crippen LogP contribution is -2.30. The van der Waals surface area contributed by atoms with Crippen molar-refractivity contribution in [3.8, 4) is 0 Å². The molecule has 0 aliphatic heterocycles. The Labute approximate surface area is 116 Å². The third-order valence-corrected chi connectivity index (χ3v) is 3.64. The average molecular weight is 332 g/mol. The van der Waals surface area contributed by atoms with Gasteiger partial charge in [-0.2, -0.15) is 5.10 Å². The van der Waals surface area contributed by atoms with Crippen molar-refractivity contribution in [1.82, 2.24) is 20.2 Å². The lowest BCUT2D eigenvalue weighted by atomic mass is 10.0. The smallest absolute Gasteiger partial charge is 0.173 e. The van der Waals surface area contributed by atoms with E-state index in [1.165, 1.54) is 12.4 Å². The number of halogens is 3. The van der Waals surface area contributed by atoms with Crippen molar-refractivity contribution >= 4 is 15.9 Å². The molecule has 1 aromatic carbocycles. The number of benzene rings is 1. The van der Waals surface area contributed by atoms with E-state index >= 15 is 0 Å². The quantitative estimate of drug-likeness (QED) is 0.507. The van der Waals surface area contributed by atoms with Gasteiger partial charge >= 0.3 is 0 Å². The average Bonchev–Trinajstić information content (AvgIpc) is 2.80. The lowest BCUT2D eigenvalue weighted by molar-refractivity contribution is 0.486. The summed E-state index contributed by atoms with van der Waals surface area (Å²) in [7, 11) is 1.75. The standard InChI is InChI=1S/C11H12BrF2N5/c1-19-9(16-5-17-19)4-8(18-15)6-2-3-7(13)11(14)10(6)12/h2-3,5,8,18H,4,15H2,1H3. The molecule has 2 rings (SSSR count). The first-order chi connectivity index (χ1) is 9.04. The van der Waals surface area contributed by atoms with Crippen LogP contribution in [0.4, 0.5) is 8.78 Å². The number of hydrazine groups is 1. The zero-order valence-corrected chi connectivity index (χ0v) is 11.7. The second kappa shape index (κ2) is 5.72. The molecule has 19 heavy (non-hydrogen) atoms. The highest BCUT2D eigenvalue weighted by atomic mass is 79.9. The molecule has 0 aliphatic carbocycles. The van der Waals surface area contributed by atoms with Crippen LogP contribution in [0.5, 0.6) is 0 Å². The van der Waals surface area contributed by atoms with Crippen molar-refractivity contribution in [2.45, 2.75) is 12.5 Å². The number of rotatable bonds is 4. The maximum atomic E-state index is 13.5. The highest BCUT2D eigenvalue weighted by molar-refractivity contribution is 9.10. The molecule has 0 bridgehead atoms. The Hall–Kier alpha value is -1.38. The lowest BCUT2D eigenvalue weighted by Gasteiger charge is -2.17. The molecule has 0 amide bonds. The molecule has 0 spiro atoms. The molecule has 0 saturated heterocycles. The van der Waals surface area contributed by atoms with E-state index in [0.717, 1.165) is 6.07 Å². The molecule has 0 fully saturated rings. The van der Waals surface area contributed by atoms with Crippen molar-refractivity contribution in [3.63, 3.8) is 0 Å². The zero-order chi connectivity index (χ0) is 14.0. The van der Waals surface area contributed by atoms with Gasteiger partial charge in [0.2, 0.25) is 0 Å². The molecule has 1 aromatic heterocycles. The number of hydrogen-bond acceptors (Lipinski definition) is 4. The van der Waals surface area contributed by atoms with Crippen molar-refractivity contribution in [2.75, 3.05) is 0 Å². The van der Waals surface area contributed by atoms with E-state index in [1.807, 2.05) is 0 Å². The fourth-order valence-corrected chi connectivity index (χ4v) is 2.35. The van der Waals surface area contributed by atoms with E-state index in [4.69, 9.17) is 5.84 Å². The Kier molecular flexibility index (Phi) is 4.23. The van der Waals surface area contributed by atoms with Crippen LogP contribution in [0.2, 0.25) is 0 Å². The third-order valence-electron chi connectivity index (χ3n) is 2.83. The molecule has 0 aliphatic rings. The molecule has 2 aromatic rings. The summed E-state index contributed by atoms with van der Waals surface area (Å²) in [6.07, 6.45) is 1.82. The first kappa shape index (κ1) is 14.0. The van der Waals surface area contributed by atoms with Gasteiger partial charge < -0.3 is 0 Å². The number of nitrogens with one attached hydrogen (secondary N) is 1. The predicted molar refractivity (Wildman–Crippen MR) is 68.8 cm³/mol. The van der Waals surface area contributed by atoms with Crippen LogP contribution >= 0.6 is 15.9 Å². The largest absolute Gasteiger partial charge is 0.271 e. The van der Waals surface area contributed by atoms with Crippen LogP contribution in [-0.4, -0.2) is 14.8 Å². The van der Waals surface area contributed by atoms with Gasteiger partial charge in [0.25, 0.3) is 0 Å². The summed E-state index contributed by atoms with van der Waals surface area (Å²) in [4.78, 5) is 4.07. The van der Waals surface area contributed by atoms with E-state index in [2.05, 4.69) is 31.4 Å². The summed E-state index contributed by atoms with van der Waals surface area (Å²) in [5.41, 5.74) is 3.09. The number of nitrogens with two attached hydrogens (primary N) is 1. The van der Waals surface area contributed by atoms with Gasteiger partial charge in [-0.25, -0.2) is 13.8 Å². The fraction of sp³-hybridized carbons (Fsp3) is 0.273. The molecule has 1 heterocycles. The zero-order valence-electron chi connectivity index (χ0n) is 10.1. The van der Waals surface area contributed by atoms with Gasteiger partial charge in [-0.3, -0.25) is 16.0 Å². The van der Waals surface area contributed by atoms with E-state index in [-0.39, 0.29) is 4.47 Å². The minimum atomic E-state index is -0.935. The number of hydrogen-bond donors (Lipinski definition) is 2. The maximum Gasteiger partial charge on any atom is 0.173 e. The predicted octanol–water partition coefficient (Wildman–Crippen LogP) is 1.60. The van der Waals surface area contributed by atoms with E-state index in [0.29, 0.717) is 17.8 Å². The fourth-order valence-electron chi connectivity index (χ4n) is 1.76. The summed E-state index contributed by atoms with van der Waals surface area (Å²) >= 11 is 3.04. The van der Waals surface area contributed by atoms with Gasteiger partial charge in [0.15, 0.2) is 11.6 Å². The monoisotopic (exact) mass is 331 g/mol. The first-order valence-corrected chi connectivity index (χ1v) is 6.26. The van der Waals surface area contributed by atoms with Crippen LogP contribution in [0, 0.1) is 11.6 Å². The summed E-state index contributed by atoms with van der Waals surface area (Å²) in [5, 5.41) is 3.94. The summed E-state index contributed by atoms with van der Waals surface area (Å²) in [5.74, 6) is 4.32. The molecule has 102 valence electrons. The SMILES string of the molecule is Cn1ncnc1CC(NN)c1ccc(F)c(F)c1Br. The Morgan fingerprint density at radius 1 is 1.47 bits per heavy atom. The minimum Gasteiger partial charge on any atom is -0.271 e. The number of nitrogens with zero attached hydrogens (tertiary/aromatic N) is 3. The van der Waals surface area contributed by atoms with Crippen LogP contribution in [0.15, 0.2) is 22.9 Å². The third kappa shape index (κ3) is 2.80. The second-order valence-electron chi connectivity index (χ2n) is 3.99. The van der Waals surface area contributed by atoms with Crippen LogP contribution in [-0.2, 0) is 13.5 Å². The van der Waals surface area contributed by atoms with Gasteiger partial charge in [-0.1, -0.05) is 6.07 Å². The highest BCUT2D eigenvalue weighted by Gasteiger charge is 2.20. The molecular formula is C11H12BrF2N5. The Balaban J connectivity index is 2.33. The Bertz CT molecular complexity index is 586. The molecule has 3 N–H and O–H groups in total. The summed E-state index contributed by atoms with van der Waals surface area (Å²) in [6, 6.07) is 2.13. The van der Waals surface area contributed by atoms with Crippen molar-refractivity contribution in [1.29, 1.82) is 0 Å². The molecule has 5 nitrogen and oxygen atoms in total. The number of aromatic nitrogens is 3. The van der Waals surface area contributed by atoms with Crippen LogP contribution in [0.25, 0.3) is 0 Å². The maximum absolute atomic E-state index is 13.5. The Morgan fingerprint density at radius 3 is 2.79 bits per heavy atom. The normalized spacial score (nSPS) is 12.7. The number of aryl methyl sites for hydroxylation is 1. The van der Waals surface area contributed by atoms with Crippen molar-refractivity contribution in [2.24, 2.45) is 12.9 Å². The summed E-state index contributed by atoms with van der Waals surface area (Å²) in [6.45, 7) is 0. The van der Waals surface area contributed by atoms with Crippen LogP contribution in [0.1, 0.15) is 17.4 Å². The van der Waals surface area contributed by atoms with Gasteiger partial charge in [-0.15, -0.1) is 0 Å². The Morgan fingerprint density at radius 2 is 2.21 bits per heavy atom.